The Bertz CT molecular complexity index is 622. The van der Waals surface area contributed by atoms with Gasteiger partial charge in [-0.25, -0.2) is 9.37 Å². The van der Waals surface area contributed by atoms with Gasteiger partial charge in [-0.2, -0.15) is 0 Å². The number of aromatic amines is 1. The highest BCUT2D eigenvalue weighted by atomic mass is 79.9. The lowest BCUT2D eigenvalue weighted by molar-refractivity contribution is 0.620. The summed E-state index contributed by atoms with van der Waals surface area (Å²) in [4.78, 5) is 18.2. The van der Waals surface area contributed by atoms with Crippen molar-refractivity contribution in [1.82, 2.24) is 9.97 Å². The third-order valence-electron chi connectivity index (χ3n) is 2.67. The van der Waals surface area contributed by atoms with Crippen LogP contribution in [0.4, 0.5) is 4.39 Å². The zero-order chi connectivity index (χ0) is 12.6. The largest absolute Gasteiger partial charge is 0.317 e. The molecule has 3 nitrogen and oxygen atoms in total. The van der Waals surface area contributed by atoms with Gasteiger partial charge in [0.15, 0.2) is 5.82 Å². The molecule has 0 aliphatic rings. The summed E-state index contributed by atoms with van der Waals surface area (Å²) in [6.07, 6.45) is 0.531. The average molecular weight is 299 g/mol. The minimum atomic E-state index is -0.417. The quantitative estimate of drug-likeness (QED) is 0.866. The molecule has 2 rings (SSSR count). The first-order valence-corrected chi connectivity index (χ1v) is 6.31. The summed E-state index contributed by atoms with van der Waals surface area (Å²) in [7, 11) is 0. The van der Waals surface area contributed by atoms with Crippen molar-refractivity contribution in [2.75, 3.05) is 0 Å². The first kappa shape index (κ1) is 12.2. The topological polar surface area (TPSA) is 45.8 Å². The second kappa shape index (κ2) is 4.56. The number of hydrogen-bond acceptors (Lipinski definition) is 2. The third kappa shape index (κ3) is 2.11. The molecule has 0 aliphatic heterocycles. The number of halogens is 2. The van der Waals surface area contributed by atoms with E-state index in [0.29, 0.717) is 23.2 Å². The van der Waals surface area contributed by atoms with E-state index in [0.717, 1.165) is 0 Å². The molecule has 1 unspecified atom stereocenters. The van der Waals surface area contributed by atoms with Gasteiger partial charge >= 0.3 is 0 Å². The Morgan fingerprint density at radius 2 is 2.24 bits per heavy atom. The number of H-pyrrole nitrogens is 1. The van der Waals surface area contributed by atoms with Crippen molar-refractivity contribution in [1.29, 1.82) is 0 Å². The Morgan fingerprint density at radius 1 is 1.53 bits per heavy atom. The molecule has 1 atom stereocenters. The molecule has 0 aliphatic carbocycles. The van der Waals surface area contributed by atoms with Gasteiger partial charge in [0.05, 0.1) is 5.52 Å². The van der Waals surface area contributed by atoms with Crippen molar-refractivity contribution in [3.8, 4) is 0 Å². The number of alkyl halides is 1. The van der Waals surface area contributed by atoms with Crippen LogP contribution in [0.1, 0.15) is 29.9 Å². The Kier molecular flexibility index (Phi) is 3.28. The highest BCUT2D eigenvalue weighted by molar-refractivity contribution is 9.09. The zero-order valence-corrected chi connectivity index (χ0v) is 11.1. The minimum Gasteiger partial charge on any atom is -0.317 e. The molecule has 90 valence electrons. The molecule has 0 saturated heterocycles. The van der Waals surface area contributed by atoms with Crippen molar-refractivity contribution in [2.24, 2.45) is 0 Å². The van der Waals surface area contributed by atoms with Gasteiger partial charge in [0.25, 0.3) is 5.56 Å². The van der Waals surface area contributed by atoms with E-state index in [1.807, 2.05) is 13.8 Å². The summed E-state index contributed by atoms with van der Waals surface area (Å²) in [5.74, 6) is -0.417. The maximum Gasteiger partial charge on any atom is 0.270 e. The van der Waals surface area contributed by atoms with Crippen LogP contribution in [0.25, 0.3) is 11.0 Å². The number of hydrogen-bond donors (Lipinski definition) is 1. The fourth-order valence-corrected chi connectivity index (χ4v) is 2.08. The predicted octanol–water partition coefficient (Wildman–Crippen LogP) is 3.08. The maximum absolute atomic E-state index is 14.1. The summed E-state index contributed by atoms with van der Waals surface area (Å²) >= 11 is 3.31. The number of fused-ring (bicyclic) bond motifs is 1. The summed E-state index contributed by atoms with van der Waals surface area (Å²) < 4.78 is 14.1. The van der Waals surface area contributed by atoms with Gasteiger partial charge in [-0.05, 0) is 19.4 Å². The van der Waals surface area contributed by atoms with Crippen LogP contribution in [0.15, 0.2) is 16.9 Å². The number of aryl methyl sites for hydroxylation is 1. The van der Waals surface area contributed by atoms with Gasteiger partial charge in [0.2, 0.25) is 0 Å². The predicted molar refractivity (Wildman–Crippen MR) is 69.0 cm³/mol. The second-order valence-corrected chi connectivity index (χ2v) is 5.22. The second-order valence-electron chi connectivity index (χ2n) is 3.85. The van der Waals surface area contributed by atoms with Crippen LogP contribution in [-0.4, -0.2) is 9.97 Å². The van der Waals surface area contributed by atoms with Gasteiger partial charge < -0.3 is 4.98 Å². The highest BCUT2D eigenvalue weighted by Gasteiger charge is 2.13. The average Bonchev–Trinajstić information content (AvgIpc) is 2.29. The SMILES string of the molecule is CCc1nc2ccc(C(C)Br)c(F)c2[nH]c1=O. The van der Waals surface area contributed by atoms with E-state index in [4.69, 9.17) is 0 Å². The van der Waals surface area contributed by atoms with Crippen LogP contribution in [0.2, 0.25) is 0 Å². The molecular weight excluding hydrogens is 287 g/mol. The molecule has 0 fully saturated rings. The smallest absolute Gasteiger partial charge is 0.270 e. The number of nitrogens with one attached hydrogen (secondary N) is 1. The molecule has 1 aromatic heterocycles. The molecule has 5 heteroatoms. The fraction of sp³-hybridized carbons (Fsp3) is 0.333. The van der Waals surface area contributed by atoms with Crippen molar-refractivity contribution in [2.45, 2.75) is 25.1 Å². The van der Waals surface area contributed by atoms with E-state index in [-0.39, 0.29) is 15.9 Å². The van der Waals surface area contributed by atoms with Crippen molar-refractivity contribution in [3.63, 3.8) is 0 Å². The zero-order valence-electron chi connectivity index (χ0n) is 9.55. The minimum absolute atomic E-state index is 0.110. The Labute approximate surface area is 106 Å². The number of nitrogens with zero attached hydrogens (tertiary/aromatic N) is 1. The van der Waals surface area contributed by atoms with Gasteiger partial charge in [-0.1, -0.05) is 28.9 Å². The van der Waals surface area contributed by atoms with E-state index in [1.165, 1.54) is 0 Å². The first-order chi connectivity index (χ1) is 8.04. The molecular formula is C12H12BrFN2O. The molecule has 0 spiro atoms. The van der Waals surface area contributed by atoms with Crippen molar-refractivity contribution >= 4 is 27.0 Å². The van der Waals surface area contributed by atoms with E-state index in [2.05, 4.69) is 25.9 Å². The molecule has 1 N–H and O–H groups in total. The number of aromatic nitrogens is 2. The third-order valence-corrected chi connectivity index (χ3v) is 3.16. The van der Waals surface area contributed by atoms with E-state index >= 15 is 0 Å². The lowest BCUT2D eigenvalue weighted by Crippen LogP contribution is -2.15. The molecule has 17 heavy (non-hydrogen) atoms. The standard InChI is InChI=1S/C12H12BrFN2O/c1-3-8-12(17)16-11-9(15-8)5-4-7(6(2)13)10(11)14/h4-6H,3H2,1-2H3,(H,16,17). The van der Waals surface area contributed by atoms with Crippen molar-refractivity contribution in [3.05, 3.63) is 39.6 Å². The maximum atomic E-state index is 14.1. The molecule has 0 bridgehead atoms. The van der Waals surface area contributed by atoms with Crippen LogP contribution in [0.5, 0.6) is 0 Å². The lowest BCUT2D eigenvalue weighted by atomic mass is 10.1. The molecule has 1 heterocycles. The van der Waals surface area contributed by atoms with Gasteiger partial charge in [0.1, 0.15) is 11.2 Å². The first-order valence-electron chi connectivity index (χ1n) is 5.40. The van der Waals surface area contributed by atoms with Crippen LogP contribution in [0, 0.1) is 5.82 Å². The number of benzene rings is 1. The molecule has 1 aromatic carbocycles. The van der Waals surface area contributed by atoms with Crippen LogP contribution in [-0.2, 0) is 6.42 Å². The van der Waals surface area contributed by atoms with E-state index in [9.17, 15) is 9.18 Å². The Hall–Kier alpha value is -1.23. The number of rotatable bonds is 2. The summed E-state index contributed by atoms with van der Waals surface area (Å²) in [6.45, 7) is 3.67. The normalized spacial score (nSPS) is 12.9. The summed E-state index contributed by atoms with van der Waals surface area (Å²) in [5, 5.41) is 0. The van der Waals surface area contributed by atoms with Crippen LogP contribution >= 0.6 is 15.9 Å². The van der Waals surface area contributed by atoms with E-state index < -0.39 is 5.82 Å². The summed E-state index contributed by atoms with van der Waals surface area (Å²) in [6, 6.07) is 3.41. The molecule has 0 radical (unpaired) electrons. The van der Waals surface area contributed by atoms with Gasteiger partial charge in [-0.15, -0.1) is 0 Å². The molecule has 2 aromatic rings. The van der Waals surface area contributed by atoms with Gasteiger partial charge in [0, 0.05) is 10.4 Å². The molecule has 0 saturated carbocycles. The monoisotopic (exact) mass is 298 g/mol. The van der Waals surface area contributed by atoms with Crippen molar-refractivity contribution < 1.29 is 4.39 Å². The highest BCUT2D eigenvalue weighted by Crippen LogP contribution is 2.27. The summed E-state index contributed by atoms with van der Waals surface area (Å²) in [5.41, 5.74) is 1.28. The van der Waals surface area contributed by atoms with Crippen LogP contribution in [0.3, 0.4) is 0 Å². The van der Waals surface area contributed by atoms with E-state index in [1.54, 1.807) is 12.1 Å². The van der Waals surface area contributed by atoms with Gasteiger partial charge in [-0.3, -0.25) is 4.79 Å². The van der Waals surface area contributed by atoms with Crippen LogP contribution < -0.4 is 5.56 Å². The molecule has 0 amide bonds. The Balaban J connectivity index is 2.79. The lowest BCUT2D eigenvalue weighted by Gasteiger charge is -2.08. The fourth-order valence-electron chi connectivity index (χ4n) is 1.72. The Morgan fingerprint density at radius 3 is 2.82 bits per heavy atom.